The Bertz CT molecular complexity index is 677. The van der Waals surface area contributed by atoms with Crippen LogP contribution in [0.25, 0.3) is 0 Å². The molecule has 1 aromatic carbocycles. The Kier molecular flexibility index (Phi) is 12.0. The molecule has 0 amide bonds. The molecule has 1 fully saturated rings. The van der Waals surface area contributed by atoms with Gasteiger partial charge in [0.15, 0.2) is 15.8 Å². The molecular weight excluding hydrogens is 487 g/mol. The van der Waals surface area contributed by atoms with Crippen LogP contribution in [0.1, 0.15) is 39.5 Å². The van der Waals surface area contributed by atoms with Gasteiger partial charge in [-0.3, -0.25) is 4.99 Å². The number of sulfone groups is 1. The molecule has 0 radical (unpaired) electrons. The molecule has 1 unspecified atom stereocenters. The summed E-state index contributed by atoms with van der Waals surface area (Å²) in [6, 6.07) is 8.47. The minimum atomic E-state index is -3.32. The predicted molar refractivity (Wildman–Crippen MR) is 127 cm³/mol. The maximum Gasteiger partial charge on any atom is 0.191 e. The van der Waals surface area contributed by atoms with Gasteiger partial charge in [0.05, 0.1) is 17.2 Å². The van der Waals surface area contributed by atoms with E-state index in [1.807, 2.05) is 19.9 Å². The third-order valence-electron chi connectivity index (χ3n) is 4.84. The highest BCUT2D eigenvalue weighted by Crippen LogP contribution is 2.12. The van der Waals surface area contributed by atoms with Crippen molar-refractivity contribution in [3.8, 4) is 0 Å². The molecule has 1 aliphatic rings. The molecular formula is C20H35IN4O2S. The molecule has 160 valence electrons. The largest absolute Gasteiger partial charge is 0.357 e. The molecule has 0 bridgehead atoms. The minimum Gasteiger partial charge on any atom is -0.357 e. The molecule has 2 N–H and O–H groups in total. The number of nitrogens with zero attached hydrogens (tertiary/aromatic N) is 2. The summed E-state index contributed by atoms with van der Waals surface area (Å²) in [7, 11) is -3.32. The van der Waals surface area contributed by atoms with Gasteiger partial charge < -0.3 is 15.5 Å². The summed E-state index contributed by atoms with van der Waals surface area (Å²) in [6.45, 7) is 8.75. The van der Waals surface area contributed by atoms with E-state index in [-0.39, 0.29) is 35.8 Å². The van der Waals surface area contributed by atoms with E-state index >= 15 is 0 Å². The fraction of sp³-hybridized carbons (Fsp3) is 0.650. The number of rotatable bonds is 9. The highest BCUT2D eigenvalue weighted by atomic mass is 127. The summed E-state index contributed by atoms with van der Waals surface area (Å²) in [5, 5.41) is 6.55. The van der Waals surface area contributed by atoms with Crippen LogP contribution in [0.3, 0.4) is 0 Å². The van der Waals surface area contributed by atoms with E-state index in [4.69, 9.17) is 0 Å². The number of hydrogen-bond acceptors (Lipinski definition) is 4. The molecule has 0 aromatic heterocycles. The van der Waals surface area contributed by atoms with Crippen molar-refractivity contribution in [2.45, 2.75) is 50.5 Å². The van der Waals surface area contributed by atoms with Crippen LogP contribution in [0.5, 0.6) is 0 Å². The molecule has 1 aromatic rings. The van der Waals surface area contributed by atoms with Crippen LogP contribution in [0.4, 0.5) is 0 Å². The average molecular weight is 522 g/mol. The monoisotopic (exact) mass is 522 g/mol. The molecule has 0 spiro atoms. The number of guanidine groups is 1. The van der Waals surface area contributed by atoms with Crippen LogP contribution >= 0.6 is 24.0 Å². The Balaban J connectivity index is 0.00000392. The maximum atomic E-state index is 12.7. The van der Waals surface area contributed by atoms with Crippen LogP contribution in [0.2, 0.25) is 0 Å². The lowest BCUT2D eigenvalue weighted by molar-refractivity contribution is 0.235. The summed E-state index contributed by atoms with van der Waals surface area (Å²) in [5.74, 6) is 0.758. The van der Waals surface area contributed by atoms with E-state index in [0.29, 0.717) is 17.3 Å². The first-order chi connectivity index (χ1) is 13.0. The number of nitrogens with one attached hydrogen (secondary N) is 2. The van der Waals surface area contributed by atoms with E-state index < -0.39 is 9.84 Å². The predicted octanol–water partition coefficient (Wildman–Crippen LogP) is 2.90. The number of likely N-dealkylation sites (tertiary alicyclic amines) is 1. The molecule has 28 heavy (non-hydrogen) atoms. The Labute approximate surface area is 187 Å². The van der Waals surface area contributed by atoms with Gasteiger partial charge in [-0.15, -0.1) is 24.0 Å². The maximum absolute atomic E-state index is 12.7. The summed E-state index contributed by atoms with van der Waals surface area (Å²) in [5.41, 5.74) is 0. The Hall–Kier alpha value is -0.870. The third-order valence-corrected chi connectivity index (χ3v) is 6.67. The van der Waals surface area contributed by atoms with E-state index in [2.05, 4.69) is 20.5 Å². The van der Waals surface area contributed by atoms with Gasteiger partial charge in [0, 0.05) is 19.1 Å². The lowest BCUT2D eigenvalue weighted by Gasteiger charge is -2.26. The Morgan fingerprint density at radius 2 is 1.82 bits per heavy atom. The number of aliphatic imine (C=N–C) groups is 1. The number of hydrogen-bond donors (Lipinski definition) is 2. The third kappa shape index (κ3) is 8.65. The second-order valence-corrected chi connectivity index (χ2v) is 9.04. The molecule has 0 aliphatic carbocycles. The van der Waals surface area contributed by atoms with Gasteiger partial charge in [-0.25, -0.2) is 8.42 Å². The molecule has 2 rings (SSSR count). The van der Waals surface area contributed by atoms with E-state index in [1.165, 1.54) is 19.3 Å². The van der Waals surface area contributed by atoms with Crippen molar-refractivity contribution in [3.05, 3.63) is 30.3 Å². The van der Waals surface area contributed by atoms with E-state index in [1.54, 1.807) is 24.3 Å². The second-order valence-electron chi connectivity index (χ2n) is 7.01. The summed E-state index contributed by atoms with van der Waals surface area (Å²) in [4.78, 5) is 7.48. The van der Waals surface area contributed by atoms with Gasteiger partial charge in [0.25, 0.3) is 0 Å². The standard InChI is InChI=1S/C20H34N4O2S.HI/c1-3-18(17-27(25,26)19-11-7-5-8-12-19)23-20(21-4-2)22-13-16-24-14-9-6-10-15-24;/h5,7-8,11-12,18H,3-4,6,9-10,13-17H2,1-2H3,(H2,21,22,23);1H. The van der Waals surface area contributed by atoms with Gasteiger partial charge in [0.2, 0.25) is 0 Å². The first-order valence-electron chi connectivity index (χ1n) is 10.1. The van der Waals surface area contributed by atoms with Crippen LogP contribution in [0.15, 0.2) is 40.2 Å². The van der Waals surface area contributed by atoms with Gasteiger partial charge in [-0.1, -0.05) is 31.5 Å². The molecule has 8 heteroatoms. The van der Waals surface area contributed by atoms with Gasteiger partial charge in [-0.2, -0.15) is 0 Å². The van der Waals surface area contributed by atoms with Gasteiger partial charge in [0.1, 0.15) is 0 Å². The quantitative estimate of drug-likeness (QED) is 0.297. The van der Waals surface area contributed by atoms with Crippen molar-refractivity contribution in [1.29, 1.82) is 0 Å². The van der Waals surface area contributed by atoms with Crippen LogP contribution in [-0.2, 0) is 9.84 Å². The zero-order valence-electron chi connectivity index (χ0n) is 17.1. The van der Waals surface area contributed by atoms with Crippen LogP contribution < -0.4 is 10.6 Å². The smallest absolute Gasteiger partial charge is 0.191 e. The second kappa shape index (κ2) is 13.4. The summed E-state index contributed by atoms with van der Waals surface area (Å²) in [6.07, 6.45) is 4.59. The Morgan fingerprint density at radius 3 is 2.43 bits per heavy atom. The highest BCUT2D eigenvalue weighted by Gasteiger charge is 2.21. The summed E-state index contributed by atoms with van der Waals surface area (Å²) < 4.78 is 25.3. The molecule has 0 saturated carbocycles. The van der Waals surface area contributed by atoms with Crippen molar-refractivity contribution in [1.82, 2.24) is 15.5 Å². The van der Waals surface area contributed by atoms with Crippen molar-refractivity contribution >= 4 is 39.8 Å². The lowest BCUT2D eigenvalue weighted by atomic mass is 10.1. The zero-order valence-corrected chi connectivity index (χ0v) is 20.2. The van der Waals surface area contributed by atoms with Gasteiger partial charge in [-0.05, 0) is 51.4 Å². The highest BCUT2D eigenvalue weighted by molar-refractivity contribution is 14.0. The first kappa shape index (κ1) is 25.2. The summed E-state index contributed by atoms with van der Waals surface area (Å²) >= 11 is 0. The molecule has 1 heterocycles. The van der Waals surface area contributed by atoms with Crippen molar-refractivity contribution in [3.63, 3.8) is 0 Å². The Morgan fingerprint density at radius 1 is 1.14 bits per heavy atom. The fourth-order valence-electron chi connectivity index (χ4n) is 3.25. The van der Waals surface area contributed by atoms with Crippen LogP contribution in [-0.4, -0.2) is 63.8 Å². The van der Waals surface area contributed by atoms with Gasteiger partial charge >= 0.3 is 0 Å². The SMILES string of the molecule is CCNC(=NCCN1CCCCC1)NC(CC)CS(=O)(=O)c1ccccc1.I. The van der Waals surface area contributed by atoms with Crippen molar-refractivity contribution in [2.24, 2.45) is 4.99 Å². The minimum absolute atomic E-state index is 0. The molecule has 6 nitrogen and oxygen atoms in total. The van der Waals surface area contributed by atoms with Crippen molar-refractivity contribution < 1.29 is 8.42 Å². The molecule has 1 atom stereocenters. The van der Waals surface area contributed by atoms with E-state index in [9.17, 15) is 8.42 Å². The normalized spacial score (nSPS) is 16.9. The number of piperidine rings is 1. The zero-order chi connectivity index (χ0) is 19.5. The van der Waals surface area contributed by atoms with E-state index in [0.717, 1.165) is 32.7 Å². The molecule has 1 aliphatic heterocycles. The number of halogens is 1. The van der Waals surface area contributed by atoms with Crippen LogP contribution in [0, 0.1) is 0 Å². The fourth-order valence-corrected chi connectivity index (χ4v) is 4.86. The topological polar surface area (TPSA) is 73.8 Å². The molecule has 1 saturated heterocycles. The lowest BCUT2D eigenvalue weighted by Crippen LogP contribution is -2.46. The van der Waals surface area contributed by atoms with Crippen molar-refractivity contribution in [2.75, 3.05) is 38.5 Å². The first-order valence-corrected chi connectivity index (χ1v) is 11.8. The number of benzene rings is 1. The average Bonchev–Trinajstić information content (AvgIpc) is 2.69.